The maximum atomic E-state index is 8.76. The van der Waals surface area contributed by atoms with E-state index in [4.69, 9.17) is 15.7 Å². The summed E-state index contributed by atoms with van der Waals surface area (Å²) in [7, 11) is 0. The van der Waals surface area contributed by atoms with Gasteiger partial charge >= 0.3 is 0 Å². The van der Waals surface area contributed by atoms with Gasteiger partial charge < -0.3 is 10.5 Å². The van der Waals surface area contributed by atoms with Crippen molar-refractivity contribution in [2.45, 2.75) is 38.6 Å². The second-order valence-electron chi connectivity index (χ2n) is 4.57. The van der Waals surface area contributed by atoms with Gasteiger partial charge in [0.25, 0.3) is 0 Å². The number of hydrogen-bond acceptors (Lipinski definition) is 3. The Morgan fingerprint density at radius 3 is 2.53 bits per heavy atom. The molecule has 0 aliphatic rings. The Hall–Kier alpha value is -1.53. The van der Waals surface area contributed by atoms with Crippen molar-refractivity contribution < 1.29 is 4.74 Å². The summed E-state index contributed by atoms with van der Waals surface area (Å²) in [6.07, 6.45) is 3.50. The zero-order valence-electron chi connectivity index (χ0n) is 10.6. The summed E-state index contributed by atoms with van der Waals surface area (Å²) in [6.45, 7) is 4.04. The lowest BCUT2D eigenvalue weighted by molar-refractivity contribution is 0.264. The molecule has 0 aliphatic heterocycles. The van der Waals surface area contributed by atoms with Crippen LogP contribution in [0.15, 0.2) is 24.3 Å². The fraction of sp³-hybridized carbons (Fsp3) is 0.500. The van der Waals surface area contributed by atoms with Gasteiger partial charge in [0.15, 0.2) is 0 Å². The Balaban J connectivity index is 2.49. The van der Waals surface area contributed by atoms with Gasteiger partial charge in [-0.15, -0.1) is 0 Å². The van der Waals surface area contributed by atoms with Crippen LogP contribution in [-0.2, 0) is 6.42 Å². The van der Waals surface area contributed by atoms with Gasteiger partial charge in [-0.05, 0) is 37.5 Å². The van der Waals surface area contributed by atoms with Crippen molar-refractivity contribution in [1.82, 2.24) is 0 Å². The molecule has 1 aromatic carbocycles. The average Bonchev–Trinajstić information content (AvgIpc) is 2.35. The van der Waals surface area contributed by atoms with Gasteiger partial charge in [0.05, 0.1) is 6.07 Å². The molecule has 0 fully saturated rings. The van der Waals surface area contributed by atoms with E-state index < -0.39 is 5.54 Å². The molecule has 1 aromatic rings. The van der Waals surface area contributed by atoms with Gasteiger partial charge in [0.2, 0.25) is 0 Å². The largest absolute Gasteiger partial charge is 0.491 e. The van der Waals surface area contributed by atoms with E-state index in [-0.39, 0.29) is 6.61 Å². The van der Waals surface area contributed by atoms with Crippen molar-refractivity contribution in [1.29, 1.82) is 5.26 Å². The van der Waals surface area contributed by atoms with Crippen molar-refractivity contribution in [2.75, 3.05) is 6.61 Å². The van der Waals surface area contributed by atoms with Crippen molar-refractivity contribution in [2.24, 2.45) is 5.73 Å². The smallest absolute Gasteiger partial charge is 0.135 e. The van der Waals surface area contributed by atoms with Gasteiger partial charge in [0, 0.05) is 0 Å². The van der Waals surface area contributed by atoms with Crippen LogP contribution in [0, 0.1) is 11.3 Å². The lowest BCUT2D eigenvalue weighted by atomic mass is 10.1. The number of unbranched alkanes of at least 4 members (excludes halogenated alkanes) is 1. The molecule has 0 bridgehead atoms. The van der Waals surface area contributed by atoms with Crippen molar-refractivity contribution in [3.8, 4) is 11.8 Å². The summed E-state index contributed by atoms with van der Waals surface area (Å²) in [5.74, 6) is 0.761. The second-order valence-corrected chi connectivity index (χ2v) is 4.57. The molecule has 0 aliphatic carbocycles. The number of aryl methyl sites for hydroxylation is 1. The van der Waals surface area contributed by atoms with Crippen LogP contribution in [-0.4, -0.2) is 12.1 Å². The lowest BCUT2D eigenvalue weighted by Gasteiger charge is -2.16. The highest BCUT2D eigenvalue weighted by molar-refractivity contribution is 5.27. The topological polar surface area (TPSA) is 59.0 Å². The number of nitrogens with zero attached hydrogens (tertiary/aromatic N) is 1. The zero-order chi connectivity index (χ0) is 12.7. The predicted molar refractivity (Wildman–Crippen MR) is 68.8 cm³/mol. The summed E-state index contributed by atoms with van der Waals surface area (Å²) in [6, 6.07) is 9.98. The summed E-state index contributed by atoms with van der Waals surface area (Å²) < 4.78 is 5.47. The van der Waals surface area contributed by atoms with E-state index in [9.17, 15) is 0 Å². The third-order valence-electron chi connectivity index (χ3n) is 2.54. The SMILES string of the molecule is CCCCc1ccc(OCC(C)(N)C#N)cc1. The van der Waals surface area contributed by atoms with Gasteiger partial charge in [0.1, 0.15) is 17.9 Å². The summed E-state index contributed by atoms with van der Waals surface area (Å²) in [5, 5.41) is 8.76. The summed E-state index contributed by atoms with van der Waals surface area (Å²) in [5.41, 5.74) is 6.06. The number of nitriles is 1. The summed E-state index contributed by atoms with van der Waals surface area (Å²) >= 11 is 0. The van der Waals surface area contributed by atoms with Crippen LogP contribution in [0.3, 0.4) is 0 Å². The molecule has 3 nitrogen and oxygen atoms in total. The van der Waals surface area contributed by atoms with Crippen LogP contribution in [0.25, 0.3) is 0 Å². The Bertz CT molecular complexity index is 376. The third kappa shape index (κ3) is 4.88. The van der Waals surface area contributed by atoms with Crippen LogP contribution in [0.5, 0.6) is 5.75 Å². The molecule has 0 saturated heterocycles. The van der Waals surface area contributed by atoms with Crippen LogP contribution in [0.4, 0.5) is 0 Å². The van der Waals surface area contributed by atoms with Crippen molar-refractivity contribution in [3.05, 3.63) is 29.8 Å². The molecule has 0 saturated carbocycles. The van der Waals surface area contributed by atoms with Crippen LogP contribution >= 0.6 is 0 Å². The molecular weight excluding hydrogens is 212 g/mol. The van der Waals surface area contributed by atoms with E-state index >= 15 is 0 Å². The number of benzene rings is 1. The molecule has 1 unspecified atom stereocenters. The third-order valence-corrected chi connectivity index (χ3v) is 2.54. The monoisotopic (exact) mass is 232 g/mol. The van der Waals surface area contributed by atoms with Crippen molar-refractivity contribution >= 4 is 0 Å². The minimum absolute atomic E-state index is 0.206. The highest BCUT2D eigenvalue weighted by Crippen LogP contribution is 2.15. The molecule has 0 radical (unpaired) electrons. The normalized spacial score (nSPS) is 13.8. The first-order chi connectivity index (χ1) is 8.07. The van der Waals surface area contributed by atoms with E-state index in [1.807, 2.05) is 18.2 Å². The Morgan fingerprint density at radius 2 is 2.00 bits per heavy atom. The molecule has 0 spiro atoms. The Morgan fingerprint density at radius 1 is 1.35 bits per heavy atom. The number of rotatable bonds is 6. The Labute approximate surface area is 103 Å². The molecule has 92 valence electrons. The molecule has 1 atom stereocenters. The molecule has 0 aromatic heterocycles. The van der Waals surface area contributed by atoms with E-state index in [1.165, 1.54) is 18.4 Å². The highest BCUT2D eigenvalue weighted by Gasteiger charge is 2.17. The van der Waals surface area contributed by atoms with E-state index in [2.05, 4.69) is 19.1 Å². The molecule has 17 heavy (non-hydrogen) atoms. The number of hydrogen-bond donors (Lipinski definition) is 1. The van der Waals surface area contributed by atoms with Gasteiger partial charge in [-0.1, -0.05) is 25.5 Å². The highest BCUT2D eigenvalue weighted by atomic mass is 16.5. The van der Waals surface area contributed by atoms with E-state index in [1.54, 1.807) is 6.92 Å². The lowest BCUT2D eigenvalue weighted by Crippen LogP contribution is -2.40. The first-order valence-corrected chi connectivity index (χ1v) is 5.99. The molecular formula is C14H20N2O. The fourth-order valence-electron chi connectivity index (χ4n) is 1.40. The minimum Gasteiger partial charge on any atom is -0.491 e. The summed E-state index contributed by atoms with van der Waals surface area (Å²) in [4.78, 5) is 0. The molecule has 0 amide bonds. The predicted octanol–water partition coefficient (Wildman–Crippen LogP) is 2.65. The van der Waals surface area contributed by atoms with E-state index in [0.717, 1.165) is 12.2 Å². The van der Waals surface area contributed by atoms with Gasteiger partial charge in [-0.2, -0.15) is 5.26 Å². The number of ether oxygens (including phenoxy) is 1. The quantitative estimate of drug-likeness (QED) is 0.820. The van der Waals surface area contributed by atoms with Crippen LogP contribution < -0.4 is 10.5 Å². The average molecular weight is 232 g/mol. The second kappa shape index (κ2) is 6.27. The van der Waals surface area contributed by atoms with Crippen LogP contribution in [0.1, 0.15) is 32.3 Å². The molecule has 0 heterocycles. The van der Waals surface area contributed by atoms with Crippen LogP contribution in [0.2, 0.25) is 0 Å². The van der Waals surface area contributed by atoms with Crippen molar-refractivity contribution in [3.63, 3.8) is 0 Å². The molecule has 3 heteroatoms. The first-order valence-electron chi connectivity index (χ1n) is 5.99. The first kappa shape index (κ1) is 13.5. The number of nitrogens with two attached hydrogens (primary N) is 1. The molecule has 1 rings (SSSR count). The Kier molecular flexibility index (Phi) is 4.99. The van der Waals surface area contributed by atoms with Gasteiger partial charge in [-0.3, -0.25) is 0 Å². The minimum atomic E-state index is -0.930. The maximum Gasteiger partial charge on any atom is 0.135 e. The fourth-order valence-corrected chi connectivity index (χ4v) is 1.40. The maximum absolute atomic E-state index is 8.76. The standard InChI is InChI=1S/C14H20N2O/c1-3-4-5-12-6-8-13(9-7-12)17-11-14(2,16)10-15/h6-9H,3-5,11,16H2,1-2H3. The molecule has 2 N–H and O–H groups in total. The van der Waals surface area contributed by atoms with Gasteiger partial charge in [-0.25, -0.2) is 0 Å². The van der Waals surface area contributed by atoms with E-state index in [0.29, 0.717) is 0 Å². The zero-order valence-corrected chi connectivity index (χ0v) is 10.6.